The van der Waals surface area contributed by atoms with Crippen LogP contribution in [0.25, 0.3) is 0 Å². The number of nitrogens with one attached hydrogen (secondary N) is 1. The third-order valence-electron chi connectivity index (χ3n) is 2.14. The molecule has 0 aliphatic heterocycles. The number of hydrogen-bond donors (Lipinski definition) is 2. The second-order valence-corrected chi connectivity index (χ2v) is 3.75. The van der Waals surface area contributed by atoms with E-state index in [2.05, 4.69) is 5.32 Å². The van der Waals surface area contributed by atoms with Crippen LogP contribution in [-0.2, 0) is 0 Å². The van der Waals surface area contributed by atoms with Crippen molar-refractivity contribution in [2.24, 2.45) is 0 Å². The highest BCUT2D eigenvalue weighted by molar-refractivity contribution is 6.33. The van der Waals surface area contributed by atoms with Gasteiger partial charge in [-0.2, -0.15) is 0 Å². The predicted molar refractivity (Wildman–Crippen MR) is 65.5 cm³/mol. The molecule has 0 unspecified atom stereocenters. The third kappa shape index (κ3) is 2.25. The lowest BCUT2D eigenvalue weighted by Gasteiger charge is -2.09. The van der Waals surface area contributed by atoms with E-state index in [9.17, 15) is 4.39 Å². The van der Waals surface area contributed by atoms with Crippen molar-refractivity contribution < 1.29 is 4.39 Å². The van der Waals surface area contributed by atoms with Gasteiger partial charge in [0.1, 0.15) is 5.82 Å². The lowest BCUT2D eigenvalue weighted by molar-refractivity contribution is 0.632. The number of anilines is 3. The zero-order chi connectivity index (χ0) is 11.5. The first-order valence-electron chi connectivity index (χ1n) is 4.73. The van der Waals surface area contributed by atoms with Crippen molar-refractivity contribution in [1.82, 2.24) is 0 Å². The average Bonchev–Trinajstić information content (AvgIpc) is 2.25. The van der Waals surface area contributed by atoms with Gasteiger partial charge in [0, 0.05) is 5.69 Å². The van der Waals surface area contributed by atoms with Crippen molar-refractivity contribution in [1.29, 1.82) is 0 Å². The average molecular weight is 237 g/mol. The molecule has 0 heterocycles. The molecule has 0 bridgehead atoms. The molecule has 0 atom stereocenters. The fourth-order valence-electron chi connectivity index (χ4n) is 1.34. The van der Waals surface area contributed by atoms with E-state index in [1.54, 1.807) is 36.4 Å². The summed E-state index contributed by atoms with van der Waals surface area (Å²) in [5.74, 6) is -0.324. The molecule has 0 saturated carbocycles. The van der Waals surface area contributed by atoms with Crippen LogP contribution in [0.4, 0.5) is 21.5 Å². The SMILES string of the molecule is Nc1ccc(Nc2ccccc2F)c(Cl)c1. The maximum atomic E-state index is 13.4. The Bertz CT molecular complexity index is 514. The number of hydrogen-bond acceptors (Lipinski definition) is 2. The molecule has 0 fully saturated rings. The monoisotopic (exact) mass is 236 g/mol. The van der Waals surface area contributed by atoms with E-state index in [1.165, 1.54) is 6.07 Å². The molecular weight excluding hydrogens is 227 g/mol. The summed E-state index contributed by atoms with van der Waals surface area (Å²) < 4.78 is 13.4. The van der Waals surface area contributed by atoms with E-state index in [4.69, 9.17) is 17.3 Å². The molecule has 3 N–H and O–H groups in total. The second-order valence-electron chi connectivity index (χ2n) is 3.34. The number of rotatable bonds is 2. The Labute approximate surface area is 97.8 Å². The Balaban J connectivity index is 2.31. The van der Waals surface area contributed by atoms with Crippen LogP contribution in [-0.4, -0.2) is 0 Å². The lowest BCUT2D eigenvalue weighted by Crippen LogP contribution is -1.95. The normalized spacial score (nSPS) is 10.1. The van der Waals surface area contributed by atoms with E-state index in [-0.39, 0.29) is 5.82 Å². The van der Waals surface area contributed by atoms with Gasteiger partial charge < -0.3 is 11.1 Å². The highest BCUT2D eigenvalue weighted by atomic mass is 35.5. The summed E-state index contributed by atoms with van der Waals surface area (Å²) in [5, 5.41) is 3.37. The highest BCUT2D eigenvalue weighted by Crippen LogP contribution is 2.28. The molecule has 82 valence electrons. The molecule has 0 aliphatic carbocycles. The summed E-state index contributed by atoms with van der Waals surface area (Å²) >= 11 is 5.97. The topological polar surface area (TPSA) is 38.0 Å². The standard InChI is InChI=1S/C12H10ClFN2/c13-9-7-8(15)5-6-11(9)16-12-4-2-1-3-10(12)14/h1-7,16H,15H2. The maximum Gasteiger partial charge on any atom is 0.146 e. The molecule has 0 spiro atoms. The Morgan fingerprint density at radius 1 is 1.06 bits per heavy atom. The van der Waals surface area contributed by atoms with Crippen LogP contribution in [0, 0.1) is 5.82 Å². The van der Waals surface area contributed by atoms with E-state index in [1.807, 2.05) is 0 Å². The van der Waals surface area contributed by atoms with Crippen molar-refractivity contribution in [3.8, 4) is 0 Å². The van der Waals surface area contributed by atoms with Gasteiger partial charge in [0.05, 0.1) is 16.4 Å². The number of nitrogens with two attached hydrogens (primary N) is 1. The number of benzene rings is 2. The quantitative estimate of drug-likeness (QED) is 0.779. The molecule has 0 aromatic heterocycles. The van der Waals surface area contributed by atoms with Crippen molar-refractivity contribution >= 4 is 28.7 Å². The van der Waals surface area contributed by atoms with Crippen LogP contribution in [0.15, 0.2) is 42.5 Å². The maximum absolute atomic E-state index is 13.4. The number of halogens is 2. The van der Waals surface area contributed by atoms with E-state index < -0.39 is 0 Å². The fourth-order valence-corrected chi connectivity index (χ4v) is 1.58. The van der Waals surface area contributed by atoms with Crippen molar-refractivity contribution in [3.63, 3.8) is 0 Å². The Morgan fingerprint density at radius 3 is 2.50 bits per heavy atom. The molecule has 2 nitrogen and oxygen atoms in total. The summed E-state index contributed by atoms with van der Waals surface area (Å²) in [6.07, 6.45) is 0. The minimum absolute atomic E-state index is 0.324. The zero-order valence-corrected chi connectivity index (χ0v) is 9.13. The van der Waals surface area contributed by atoms with Crippen LogP contribution in [0.1, 0.15) is 0 Å². The van der Waals surface area contributed by atoms with Crippen molar-refractivity contribution in [2.45, 2.75) is 0 Å². The minimum Gasteiger partial charge on any atom is -0.399 e. The summed E-state index contributed by atoms with van der Waals surface area (Å²) in [4.78, 5) is 0. The summed E-state index contributed by atoms with van der Waals surface area (Å²) in [5.41, 5.74) is 7.15. The predicted octanol–water partition coefficient (Wildman–Crippen LogP) is 3.80. The summed E-state index contributed by atoms with van der Waals surface area (Å²) in [6.45, 7) is 0. The van der Waals surface area contributed by atoms with Crippen LogP contribution >= 0.6 is 11.6 Å². The first kappa shape index (κ1) is 10.8. The van der Waals surface area contributed by atoms with Crippen LogP contribution in [0.5, 0.6) is 0 Å². The second kappa shape index (κ2) is 4.41. The smallest absolute Gasteiger partial charge is 0.146 e. The van der Waals surface area contributed by atoms with Gasteiger partial charge in [-0.15, -0.1) is 0 Å². The molecule has 0 radical (unpaired) electrons. The lowest BCUT2D eigenvalue weighted by atomic mass is 10.2. The van der Waals surface area contributed by atoms with Gasteiger partial charge in [-0.1, -0.05) is 23.7 Å². The largest absolute Gasteiger partial charge is 0.399 e. The van der Waals surface area contributed by atoms with Crippen molar-refractivity contribution in [3.05, 3.63) is 53.3 Å². The molecule has 0 saturated heterocycles. The number of nitrogen functional groups attached to an aromatic ring is 1. The zero-order valence-electron chi connectivity index (χ0n) is 8.37. The third-order valence-corrected chi connectivity index (χ3v) is 2.45. The van der Waals surface area contributed by atoms with Crippen LogP contribution < -0.4 is 11.1 Å². The van der Waals surface area contributed by atoms with Gasteiger partial charge >= 0.3 is 0 Å². The summed E-state index contributed by atoms with van der Waals surface area (Å²) in [6, 6.07) is 11.4. The highest BCUT2D eigenvalue weighted by Gasteiger charge is 2.04. The van der Waals surface area contributed by atoms with Crippen LogP contribution in [0.3, 0.4) is 0 Å². The first-order chi connectivity index (χ1) is 7.66. The van der Waals surface area contributed by atoms with Gasteiger partial charge in [-0.3, -0.25) is 0 Å². The fraction of sp³-hybridized carbons (Fsp3) is 0. The van der Waals surface area contributed by atoms with E-state index in [0.717, 1.165) is 0 Å². The van der Waals surface area contributed by atoms with Gasteiger partial charge in [0.2, 0.25) is 0 Å². The molecule has 2 aromatic carbocycles. The molecule has 2 aromatic rings. The molecule has 16 heavy (non-hydrogen) atoms. The Morgan fingerprint density at radius 2 is 1.81 bits per heavy atom. The van der Waals surface area contributed by atoms with Gasteiger partial charge in [0.15, 0.2) is 0 Å². The van der Waals surface area contributed by atoms with Crippen molar-refractivity contribution in [2.75, 3.05) is 11.1 Å². The van der Waals surface area contributed by atoms with E-state index >= 15 is 0 Å². The molecule has 2 rings (SSSR count). The van der Waals surface area contributed by atoms with Gasteiger partial charge in [-0.05, 0) is 30.3 Å². The van der Waals surface area contributed by atoms with Crippen LogP contribution in [0.2, 0.25) is 5.02 Å². The Hall–Kier alpha value is -1.74. The van der Waals surface area contributed by atoms with E-state index in [0.29, 0.717) is 22.1 Å². The van der Waals surface area contributed by atoms with Gasteiger partial charge in [-0.25, -0.2) is 4.39 Å². The Kier molecular flexibility index (Phi) is 2.97. The summed E-state index contributed by atoms with van der Waals surface area (Å²) in [7, 11) is 0. The molecule has 0 aliphatic rings. The first-order valence-corrected chi connectivity index (χ1v) is 5.11. The number of para-hydroxylation sites is 1. The minimum atomic E-state index is -0.324. The molecule has 4 heteroatoms. The van der Waals surface area contributed by atoms with Gasteiger partial charge in [0.25, 0.3) is 0 Å². The molecule has 0 amide bonds. The molecular formula is C12H10ClFN2.